The molecule has 0 radical (unpaired) electrons. The third kappa shape index (κ3) is 3.89. The molecule has 0 saturated carbocycles. The highest BCUT2D eigenvalue weighted by atomic mass is 19.4. The van der Waals surface area contributed by atoms with E-state index in [1.807, 2.05) is 12.1 Å². The summed E-state index contributed by atoms with van der Waals surface area (Å²) in [5.41, 5.74) is 0.525. The van der Waals surface area contributed by atoms with Crippen LogP contribution in [0.3, 0.4) is 0 Å². The van der Waals surface area contributed by atoms with Crippen molar-refractivity contribution in [2.45, 2.75) is 38.2 Å². The second-order valence-electron chi connectivity index (χ2n) is 8.69. The lowest BCUT2D eigenvalue weighted by molar-refractivity contribution is -0.137. The Morgan fingerprint density at radius 1 is 1.03 bits per heavy atom. The Labute approximate surface area is 182 Å². The van der Waals surface area contributed by atoms with E-state index in [2.05, 4.69) is 4.90 Å². The van der Waals surface area contributed by atoms with E-state index in [1.165, 1.54) is 6.07 Å². The monoisotopic (exact) mass is 444 g/mol. The standard InChI is InChI=1S/C24H23F3N2O3/c25-24(26,27)18-3-1-2-16(9-18)21-6-7-22-17-8-15(11-29(22)23(21)31)10-28(12-17)13-19-4-5-20(14-30)32-19/h1-7,9,15,17,30H,8,10-14H2. The number of likely N-dealkylation sites (tertiary alicyclic amines) is 1. The number of aliphatic hydroxyl groups is 1. The van der Waals surface area contributed by atoms with Gasteiger partial charge in [-0.1, -0.05) is 12.1 Å². The van der Waals surface area contributed by atoms with Crippen molar-refractivity contribution in [3.05, 3.63) is 81.7 Å². The van der Waals surface area contributed by atoms with Gasteiger partial charge in [0.1, 0.15) is 18.1 Å². The first-order chi connectivity index (χ1) is 15.3. The summed E-state index contributed by atoms with van der Waals surface area (Å²) in [6, 6.07) is 12.1. The van der Waals surface area contributed by atoms with Gasteiger partial charge in [-0.25, -0.2) is 0 Å². The zero-order valence-corrected chi connectivity index (χ0v) is 17.3. The summed E-state index contributed by atoms with van der Waals surface area (Å²) in [4.78, 5) is 15.5. The van der Waals surface area contributed by atoms with Crippen LogP contribution in [0.2, 0.25) is 0 Å². The van der Waals surface area contributed by atoms with Gasteiger partial charge in [-0.3, -0.25) is 9.69 Å². The fraction of sp³-hybridized carbons (Fsp3) is 0.375. The van der Waals surface area contributed by atoms with Crippen LogP contribution in [0.15, 0.2) is 57.7 Å². The van der Waals surface area contributed by atoms with E-state index in [4.69, 9.17) is 4.42 Å². The molecule has 5 nitrogen and oxygen atoms in total. The Morgan fingerprint density at radius 3 is 2.59 bits per heavy atom. The maximum atomic E-state index is 13.2. The number of nitrogens with zero attached hydrogens (tertiary/aromatic N) is 2. The fourth-order valence-corrected chi connectivity index (χ4v) is 5.07. The first kappa shape index (κ1) is 21.0. The SMILES string of the molecule is O=c1c(-c2cccc(C(F)(F)F)c2)ccc2n1CC1CC2CN(Cc2ccc(CO)o2)C1. The Morgan fingerprint density at radius 2 is 1.84 bits per heavy atom. The first-order valence-corrected chi connectivity index (χ1v) is 10.6. The van der Waals surface area contributed by atoms with E-state index in [0.717, 1.165) is 43.1 Å². The minimum Gasteiger partial charge on any atom is -0.462 e. The number of hydrogen-bond acceptors (Lipinski definition) is 4. The molecular formula is C24H23F3N2O3. The molecule has 2 atom stereocenters. The Balaban J connectivity index is 1.42. The highest BCUT2D eigenvalue weighted by Crippen LogP contribution is 2.37. The van der Waals surface area contributed by atoms with Gasteiger partial charge in [0.2, 0.25) is 0 Å². The van der Waals surface area contributed by atoms with Gasteiger partial charge in [-0.15, -0.1) is 0 Å². The van der Waals surface area contributed by atoms with Crippen LogP contribution in [0.5, 0.6) is 0 Å². The lowest BCUT2D eigenvalue weighted by Gasteiger charge is -2.42. The molecular weight excluding hydrogens is 421 g/mol. The molecule has 3 aromatic rings. The number of alkyl halides is 3. The molecule has 1 saturated heterocycles. The molecule has 0 aliphatic carbocycles. The van der Waals surface area contributed by atoms with E-state index in [0.29, 0.717) is 24.4 Å². The molecule has 4 heterocycles. The van der Waals surface area contributed by atoms with Gasteiger partial charge in [0, 0.05) is 36.8 Å². The fourth-order valence-electron chi connectivity index (χ4n) is 5.07. The van der Waals surface area contributed by atoms with Gasteiger partial charge < -0.3 is 14.1 Å². The third-order valence-electron chi connectivity index (χ3n) is 6.43. The number of aromatic nitrogens is 1. The van der Waals surface area contributed by atoms with Gasteiger partial charge in [-0.05, 0) is 54.3 Å². The molecule has 1 fully saturated rings. The largest absolute Gasteiger partial charge is 0.462 e. The molecule has 0 amide bonds. The zero-order chi connectivity index (χ0) is 22.5. The molecule has 0 spiro atoms. The van der Waals surface area contributed by atoms with Crippen LogP contribution in [-0.2, 0) is 25.9 Å². The van der Waals surface area contributed by atoms with Gasteiger partial charge in [0.05, 0.1) is 12.1 Å². The summed E-state index contributed by atoms with van der Waals surface area (Å²) in [5.74, 6) is 1.79. The van der Waals surface area contributed by atoms with E-state index >= 15 is 0 Å². The molecule has 5 rings (SSSR count). The van der Waals surface area contributed by atoms with Gasteiger partial charge in [0.25, 0.3) is 5.56 Å². The minimum absolute atomic E-state index is 0.129. The van der Waals surface area contributed by atoms with Crippen LogP contribution in [0.1, 0.15) is 35.1 Å². The van der Waals surface area contributed by atoms with E-state index in [1.54, 1.807) is 22.8 Å². The second-order valence-corrected chi connectivity index (χ2v) is 8.69. The first-order valence-electron chi connectivity index (χ1n) is 10.6. The van der Waals surface area contributed by atoms with Crippen LogP contribution in [-0.4, -0.2) is 27.7 Å². The summed E-state index contributed by atoms with van der Waals surface area (Å²) in [5, 5.41) is 9.19. The van der Waals surface area contributed by atoms with Crippen LogP contribution in [0.25, 0.3) is 11.1 Å². The van der Waals surface area contributed by atoms with Gasteiger partial charge in [-0.2, -0.15) is 13.2 Å². The van der Waals surface area contributed by atoms with Crippen molar-refractivity contribution in [3.63, 3.8) is 0 Å². The van der Waals surface area contributed by atoms with Crippen molar-refractivity contribution in [1.82, 2.24) is 9.47 Å². The number of halogens is 3. The molecule has 2 unspecified atom stereocenters. The van der Waals surface area contributed by atoms with E-state index in [-0.39, 0.29) is 29.6 Å². The molecule has 2 aromatic heterocycles. The Hall–Kier alpha value is -2.84. The molecule has 2 bridgehead atoms. The predicted octanol–water partition coefficient (Wildman–Crippen LogP) is 4.24. The summed E-state index contributed by atoms with van der Waals surface area (Å²) < 4.78 is 46.7. The molecule has 168 valence electrons. The van der Waals surface area contributed by atoms with Gasteiger partial charge in [0.15, 0.2) is 0 Å². The summed E-state index contributed by atoms with van der Waals surface area (Å²) in [7, 11) is 0. The van der Waals surface area contributed by atoms with Gasteiger partial charge >= 0.3 is 6.18 Å². The predicted molar refractivity (Wildman–Crippen MR) is 112 cm³/mol. The van der Waals surface area contributed by atoms with Crippen LogP contribution in [0, 0.1) is 5.92 Å². The number of fused-ring (bicyclic) bond motifs is 4. The summed E-state index contributed by atoms with van der Waals surface area (Å²) >= 11 is 0. The number of piperidine rings is 1. The summed E-state index contributed by atoms with van der Waals surface area (Å²) in [6.07, 6.45) is -3.47. The van der Waals surface area contributed by atoms with Crippen LogP contribution < -0.4 is 5.56 Å². The van der Waals surface area contributed by atoms with E-state index < -0.39 is 11.7 Å². The van der Waals surface area contributed by atoms with Crippen molar-refractivity contribution < 1.29 is 22.7 Å². The second kappa shape index (κ2) is 7.94. The number of hydrogen-bond donors (Lipinski definition) is 1. The maximum Gasteiger partial charge on any atom is 0.416 e. The lowest BCUT2D eigenvalue weighted by Crippen LogP contribution is -2.46. The molecule has 8 heteroatoms. The zero-order valence-electron chi connectivity index (χ0n) is 17.3. The van der Waals surface area contributed by atoms with E-state index in [9.17, 15) is 23.1 Å². The number of benzene rings is 1. The molecule has 32 heavy (non-hydrogen) atoms. The number of furan rings is 1. The Bertz CT molecular complexity index is 1200. The van der Waals surface area contributed by atoms with Crippen molar-refractivity contribution >= 4 is 0 Å². The number of aliphatic hydroxyl groups excluding tert-OH is 1. The third-order valence-corrected chi connectivity index (χ3v) is 6.43. The smallest absolute Gasteiger partial charge is 0.416 e. The molecule has 1 aromatic carbocycles. The Kier molecular flexibility index (Phi) is 5.22. The van der Waals surface area contributed by atoms with Crippen molar-refractivity contribution in [3.8, 4) is 11.1 Å². The van der Waals surface area contributed by atoms with Crippen LogP contribution in [0.4, 0.5) is 13.2 Å². The summed E-state index contributed by atoms with van der Waals surface area (Å²) in [6.45, 7) is 2.64. The molecule has 2 aliphatic heterocycles. The lowest BCUT2D eigenvalue weighted by atomic mass is 9.82. The maximum absolute atomic E-state index is 13.2. The highest BCUT2D eigenvalue weighted by molar-refractivity contribution is 5.63. The van der Waals surface area contributed by atoms with Crippen molar-refractivity contribution in [2.24, 2.45) is 5.92 Å². The molecule has 2 aliphatic rings. The quantitative estimate of drug-likeness (QED) is 0.654. The topological polar surface area (TPSA) is 58.6 Å². The average molecular weight is 444 g/mol. The van der Waals surface area contributed by atoms with Crippen molar-refractivity contribution in [2.75, 3.05) is 13.1 Å². The van der Waals surface area contributed by atoms with Crippen LogP contribution >= 0.6 is 0 Å². The van der Waals surface area contributed by atoms with Crippen molar-refractivity contribution in [1.29, 1.82) is 0 Å². The molecule has 1 N–H and O–H groups in total. The minimum atomic E-state index is -4.45. The highest BCUT2D eigenvalue weighted by Gasteiger charge is 2.35. The average Bonchev–Trinajstić information content (AvgIpc) is 3.21. The normalized spacial score (nSPS) is 20.9. The number of pyridine rings is 1. The number of rotatable bonds is 4.